The Labute approximate surface area is 181 Å². The molecule has 0 spiro atoms. The maximum Gasteiger partial charge on any atom is 0.223 e. The molecule has 2 aromatic rings. The van der Waals surface area contributed by atoms with Crippen LogP contribution in [0.2, 0.25) is 0 Å². The lowest BCUT2D eigenvalue weighted by Crippen LogP contribution is -2.39. The molecule has 0 aromatic heterocycles. The molecule has 0 saturated carbocycles. The number of halogens is 2. The normalized spacial score (nSPS) is 15.9. The van der Waals surface area contributed by atoms with Gasteiger partial charge in [0.05, 0.1) is 19.4 Å². The molecule has 2 aromatic carbocycles. The molecule has 0 N–H and O–H groups in total. The van der Waals surface area contributed by atoms with Crippen LogP contribution < -0.4 is 4.74 Å². The lowest BCUT2D eigenvalue weighted by atomic mass is 9.91. The van der Waals surface area contributed by atoms with Crippen molar-refractivity contribution in [3.05, 3.63) is 65.2 Å². The average molecular weight is 430 g/mol. The lowest BCUT2D eigenvalue weighted by Gasteiger charge is -2.28. The van der Waals surface area contributed by atoms with E-state index >= 15 is 0 Å². The van der Waals surface area contributed by atoms with E-state index in [1.807, 2.05) is 45.0 Å². The number of hydrogen-bond donors (Lipinski definition) is 0. The highest BCUT2D eigenvalue weighted by molar-refractivity contribution is 6.03. The standard InChI is InChI=1S/C24H28F2N2O3/c1-24(2,3)13-23(29)28(14-16-9-10-17(25)11-20(16)26)15-18-12-21(27-31-18)19-7-5-6-8-22(19)30-4/h5-11,18H,12-15H2,1-4H3. The SMILES string of the molecule is COc1ccccc1C1=NOC(CN(Cc2ccc(F)cc2F)C(=O)CC(C)(C)C)C1. The van der Waals surface area contributed by atoms with E-state index in [1.165, 1.54) is 12.1 Å². The van der Waals surface area contributed by atoms with Gasteiger partial charge in [0.25, 0.3) is 0 Å². The van der Waals surface area contributed by atoms with E-state index < -0.39 is 11.6 Å². The number of ether oxygens (including phenoxy) is 1. The molecule has 0 aliphatic carbocycles. The maximum atomic E-state index is 14.2. The summed E-state index contributed by atoms with van der Waals surface area (Å²) in [4.78, 5) is 20.2. The Hall–Kier alpha value is -2.96. The fourth-order valence-electron chi connectivity index (χ4n) is 3.49. The molecule has 0 saturated heterocycles. The van der Waals surface area contributed by atoms with Gasteiger partial charge in [0, 0.05) is 36.6 Å². The van der Waals surface area contributed by atoms with Crippen LogP contribution >= 0.6 is 0 Å². The van der Waals surface area contributed by atoms with Gasteiger partial charge in [-0.1, -0.05) is 44.1 Å². The van der Waals surface area contributed by atoms with Crippen LogP contribution in [0.4, 0.5) is 8.78 Å². The van der Waals surface area contributed by atoms with Gasteiger partial charge < -0.3 is 14.5 Å². The van der Waals surface area contributed by atoms with E-state index in [4.69, 9.17) is 9.57 Å². The van der Waals surface area contributed by atoms with E-state index in [0.717, 1.165) is 17.3 Å². The number of methoxy groups -OCH3 is 1. The first kappa shape index (κ1) is 22.7. The highest BCUT2D eigenvalue weighted by Gasteiger charge is 2.30. The van der Waals surface area contributed by atoms with E-state index in [9.17, 15) is 13.6 Å². The van der Waals surface area contributed by atoms with Gasteiger partial charge >= 0.3 is 0 Å². The molecule has 1 atom stereocenters. The Morgan fingerprint density at radius 2 is 1.97 bits per heavy atom. The van der Waals surface area contributed by atoms with E-state index in [-0.39, 0.29) is 36.1 Å². The van der Waals surface area contributed by atoms with Crippen LogP contribution in [0.25, 0.3) is 0 Å². The van der Waals surface area contributed by atoms with Gasteiger partial charge in [0.15, 0.2) is 6.10 Å². The number of carbonyl (C=O) groups is 1. The summed E-state index contributed by atoms with van der Waals surface area (Å²) < 4.78 is 32.9. The van der Waals surface area contributed by atoms with Crippen molar-refractivity contribution in [1.82, 2.24) is 4.90 Å². The molecule has 1 heterocycles. The number of rotatable bonds is 7. The fourth-order valence-corrected chi connectivity index (χ4v) is 3.49. The summed E-state index contributed by atoms with van der Waals surface area (Å²) >= 11 is 0. The maximum absolute atomic E-state index is 14.2. The summed E-state index contributed by atoms with van der Waals surface area (Å²) in [5, 5.41) is 4.19. The second-order valence-electron chi connectivity index (χ2n) is 8.92. The van der Waals surface area contributed by atoms with Gasteiger partial charge in [0.2, 0.25) is 5.91 Å². The number of para-hydroxylation sites is 1. The zero-order chi connectivity index (χ0) is 22.6. The van der Waals surface area contributed by atoms with Gasteiger partial charge in [-0.2, -0.15) is 0 Å². The van der Waals surface area contributed by atoms with Crippen molar-refractivity contribution in [1.29, 1.82) is 0 Å². The highest BCUT2D eigenvalue weighted by atomic mass is 19.1. The molecule has 1 amide bonds. The quantitative estimate of drug-likeness (QED) is 0.626. The van der Waals surface area contributed by atoms with Gasteiger partial charge in [-0.15, -0.1) is 0 Å². The van der Waals surface area contributed by atoms with Crippen molar-refractivity contribution in [3.8, 4) is 5.75 Å². The second-order valence-corrected chi connectivity index (χ2v) is 8.92. The average Bonchev–Trinajstić information content (AvgIpc) is 3.16. The zero-order valence-corrected chi connectivity index (χ0v) is 18.3. The summed E-state index contributed by atoms with van der Waals surface area (Å²) in [6.07, 6.45) is 0.418. The number of nitrogens with zero attached hydrogens (tertiary/aromatic N) is 2. The predicted molar refractivity (Wildman–Crippen MR) is 115 cm³/mol. The van der Waals surface area contributed by atoms with Gasteiger partial charge in [-0.25, -0.2) is 8.78 Å². The first-order valence-electron chi connectivity index (χ1n) is 10.2. The van der Waals surface area contributed by atoms with Crippen LogP contribution in [-0.2, 0) is 16.2 Å². The number of oxime groups is 1. The third-order valence-electron chi connectivity index (χ3n) is 4.99. The molecular formula is C24H28F2N2O3. The Kier molecular flexibility index (Phi) is 6.93. The van der Waals surface area contributed by atoms with Gasteiger partial charge in [0.1, 0.15) is 17.4 Å². The Balaban J connectivity index is 1.75. The van der Waals surface area contributed by atoms with E-state index in [0.29, 0.717) is 18.6 Å². The van der Waals surface area contributed by atoms with Crippen LogP contribution in [0, 0.1) is 17.0 Å². The summed E-state index contributed by atoms with van der Waals surface area (Å²) in [6, 6.07) is 10.9. The molecule has 1 aliphatic rings. The number of carbonyl (C=O) groups excluding carboxylic acids is 1. The van der Waals surface area contributed by atoms with Crippen molar-refractivity contribution in [2.45, 2.75) is 46.3 Å². The molecule has 7 heteroatoms. The Bertz CT molecular complexity index is 970. The molecule has 0 bridgehead atoms. The summed E-state index contributed by atoms with van der Waals surface area (Å²) in [5.41, 5.74) is 1.60. The highest BCUT2D eigenvalue weighted by Crippen LogP contribution is 2.26. The molecule has 31 heavy (non-hydrogen) atoms. The molecule has 1 unspecified atom stereocenters. The first-order valence-corrected chi connectivity index (χ1v) is 10.2. The van der Waals surface area contributed by atoms with Crippen molar-refractivity contribution in [2.24, 2.45) is 10.6 Å². The Morgan fingerprint density at radius 3 is 2.65 bits per heavy atom. The van der Waals surface area contributed by atoms with Gasteiger partial charge in [-0.3, -0.25) is 4.79 Å². The van der Waals surface area contributed by atoms with Crippen LogP contribution in [0.1, 0.15) is 44.7 Å². The largest absolute Gasteiger partial charge is 0.496 e. The zero-order valence-electron chi connectivity index (χ0n) is 18.3. The van der Waals surface area contributed by atoms with Crippen LogP contribution in [0.5, 0.6) is 5.75 Å². The topological polar surface area (TPSA) is 51.1 Å². The van der Waals surface area contributed by atoms with Crippen molar-refractivity contribution < 1.29 is 23.1 Å². The lowest BCUT2D eigenvalue weighted by molar-refractivity contribution is -0.135. The second kappa shape index (κ2) is 9.45. The summed E-state index contributed by atoms with van der Waals surface area (Å²) in [6.45, 7) is 6.18. The first-order chi connectivity index (χ1) is 14.7. The van der Waals surface area contributed by atoms with Crippen LogP contribution in [0.3, 0.4) is 0 Å². The molecule has 1 aliphatic heterocycles. The predicted octanol–water partition coefficient (Wildman–Crippen LogP) is 4.93. The van der Waals surface area contributed by atoms with Crippen LogP contribution in [-0.4, -0.2) is 36.3 Å². The van der Waals surface area contributed by atoms with Crippen LogP contribution in [0.15, 0.2) is 47.6 Å². The van der Waals surface area contributed by atoms with Crippen molar-refractivity contribution >= 4 is 11.6 Å². The molecule has 5 nitrogen and oxygen atoms in total. The van der Waals surface area contributed by atoms with E-state index in [1.54, 1.807) is 12.0 Å². The molecule has 3 rings (SSSR count). The number of benzene rings is 2. The summed E-state index contributed by atoms with van der Waals surface area (Å²) in [7, 11) is 1.59. The molecule has 0 fully saturated rings. The molecule has 166 valence electrons. The monoisotopic (exact) mass is 430 g/mol. The van der Waals surface area contributed by atoms with Crippen molar-refractivity contribution in [2.75, 3.05) is 13.7 Å². The van der Waals surface area contributed by atoms with Gasteiger partial charge in [-0.05, 0) is 23.6 Å². The summed E-state index contributed by atoms with van der Waals surface area (Å²) in [5.74, 6) is -0.750. The third kappa shape index (κ3) is 6.03. The van der Waals surface area contributed by atoms with Crippen molar-refractivity contribution in [3.63, 3.8) is 0 Å². The smallest absolute Gasteiger partial charge is 0.223 e. The number of amides is 1. The Morgan fingerprint density at radius 1 is 1.23 bits per heavy atom. The fraction of sp³-hybridized carbons (Fsp3) is 0.417. The van der Waals surface area contributed by atoms with E-state index in [2.05, 4.69) is 5.16 Å². The molecular weight excluding hydrogens is 402 g/mol. The minimum absolute atomic E-state index is 0.0326. The minimum atomic E-state index is -0.674. The minimum Gasteiger partial charge on any atom is -0.496 e. The third-order valence-corrected chi connectivity index (χ3v) is 4.99. The molecule has 0 radical (unpaired) electrons. The number of hydrogen-bond acceptors (Lipinski definition) is 4.